The summed E-state index contributed by atoms with van der Waals surface area (Å²) in [6, 6.07) is 38.6. The van der Waals surface area contributed by atoms with Gasteiger partial charge < -0.3 is 9.47 Å². The highest BCUT2D eigenvalue weighted by Crippen LogP contribution is 2.32. The number of ether oxygens (including phenoxy) is 2. The Hall–Kier alpha value is -3.50. The SMILES string of the molecule is CC(C)(OC(=O)COc1ccc([S+](c2ccccc2)c2ccccc2)cc1)c1ccccc1. The molecule has 0 saturated heterocycles. The summed E-state index contributed by atoms with van der Waals surface area (Å²) in [4.78, 5) is 16.1. The minimum atomic E-state index is -0.717. The van der Waals surface area contributed by atoms with Crippen molar-refractivity contribution < 1.29 is 14.3 Å². The highest BCUT2D eigenvalue weighted by atomic mass is 32.2. The van der Waals surface area contributed by atoms with Gasteiger partial charge in [-0.05, 0) is 67.9 Å². The summed E-state index contributed by atoms with van der Waals surface area (Å²) in [7, 11) is -0.217. The van der Waals surface area contributed by atoms with E-state index in [1.807, 2.05) is 68.4 Å². The molecule has 0 bridgehead atoms. The molecule has 0 aliphatic heterocycles. The largest absolute Gasteiger partial charge is 0.482 e. The Kier molecular flexibility index (Phi) is 7.16. The van der Waals surface area contributed by atoms with E-state index in [0.717, 1.165) is 5.56 Å². The number of carbonyl (C=O) groups excluding carboxylic acids is 1. The van der Waals surface area contributed by atoms with Gasteiger partial charge in [0.1, 0.15) is 11.4 Å². The molecule has 0 amide bonds. The zero-order chi connectivity index (χ0) is 23.1. The Bertz CT molecular complexity index is 1120. The zero-order valence-electron chi connectivity index (χ0n) is 18.8. The van der Waals surface area contributed by atoms with Crippen LogP contribution >= 0.6 is 0 Å². The van der Waals surface area contributed by atoms with Crippen LogP contribution in [0.3, 0.4) is 0 Å². The van der Waals surface area contributed by atoms with E-state index >= 15 is 0 Å². The lowest BCUT2D eigenvalue weighted by molar-refractivity contribution is -0.159. The second-order valence-electron chi connectivity index (χ2n) is 8.04. The zero-order valence-corrected chi connectivity index (χ0v) is 19.6. The van der Waals surface area contributed by atoms with Crippen LogP contribution in [-0.2, 0) is 26.0 Å². The summed E-state index contributed by atoms with van der Waals surface area (Å²) in [6.45, 7) is 3.62. The molecule has 4 heteroatoms. The number of hydrogen-bond donors (Lipinski definition) is 0. The maximum absolute atomic E-state index is 12.4. The molecule has 166 valence electrons. The Morgan fingerprint density at radius 3 is 1.64 bits per heavy atom. The molecule has 33 heavy (non-hydrogen) atoms. The van der Waals surface area contributed by atoms with Crippen LogP contribution in [0.15, 0.2) is 130 Å². The molecule has 0 aliphatic carbocycles. The Morgan fingerprint density at radius 2 is 1.12 bits per heavy atom. The fraction of sp³-hybridized carbons (Fsp3) is 0.138. The standard InChI is InChI=1S/C29H27O3S/c1-29(2,23-12-6-3-7-13-23)32-28(30)22-31-24-18-20-27(21-19-24)33(25-14-8-4-9-15-25)26-16-10-5-11-17-26/h3-21H,22H2,1-2H3/q+1. The molecule has 0 saturated carbocycles. The van der Waals surface area contributed by atoms with Gasteiger partial charge in [0.2, 0.25) is 0 Å². The number of carbonyl (C=O) groups is 1. The van der Waals surface area contributed by atoms with Gasteiger partial charge in [0.15, 0.2) is 21.3 Å². The van der Waals surface area contributed by atoms with Gasteiger partial charge in [-0.3, -0.25) is 0 Å². The van der Waals surface area contributed by atoms with Gasteiger partial charge in [0.25, 0.3) is 0 Å². The van der Waals surface area contributed by atoms with Crippen LogP contribution in [0.4, 0.5) is 0 Å². The third-order valence-electron chi connectivity index (χ3n) is 5.21. The molecule has 0 radical (unpaired) electrons. The number of esters is 1. The van der Waals surface area contributed by atoms with Gasteiger partial charge in [-0.1, -0.05) is 66.7 Å². The van der Waals surface area contributed by atoms with E-state index in [1.54, 1.807) is 0 Å². The minimum Gasteiger partial charge on any atom is -0.482 e. The maximum Gasteiger partial charge on any atom is 0.345 e. The summed E-state index contributed by atoms with van der Waals surface area (Å²) >= 11 is 0. The second kappa shape index (κ2) is 10.4. The monoisotopic (exact) mass is 455 g/mol. The van der Waals surface area contributed by atoms with Crippen molar-refractivity contribution in [3.05, 3.63) is 121 Å². The number of hydrogen-bond acceptors (Lipinski definition) is 3. The smallest absolute Gasteiger partial charge is 0.345 e. The fourth-order valence-electron chi connectivity index (χ4n) is 3.55. The average Bonchev–Trinajstić information content (AvgIpc) is 2.85. The molecule has 0 fully saturated rings. The number of benzene rings is 4. The Labute approximate surface area is 198 Å². The lowest BCUT2D eigenvalue weighted by Crippen LogP contribution is -2.28. The molecular weight excluding hydrogens is 428 g/mol. The first-order valence-corrected chi connectivity index (χ1v) is 12.1. The van der Waals surface area contributed by atoms with Gasteiger partial charge in [0.05, 0.1) is 10.9 Å². The summed E-state index contributed by atoms with van der Waals surface area (Å²) in [5, 5.41) is 0. The van der Waals surface area contributed by atoms with E-state index in [2.05, 4.69) is 60.7 Å². The van der Waals surface area contributed by atoms with Crippen molar-refractivity contribution in [2.75, 3.05) is 6.61 Å². The molecule has 0 spiro atoms. The van der Waals surface area contributed by atoms with Crippen LogP contribution in [0, 0.1) is 0 Å². The summed E-state index contributed by atoms with van der Waals surface area (Å²) in [5.41, 5.74) is 0.224. The highest BCUT2D eigenvalue weighted by molar-refractivity contribution is 7.97. The van der Waals surface area contributed by atoms with Crippen molar-refractivity contribution in [3.63, 3.8) is 0 Å². The van der Waals surface area contributed by atoms with Gasteiger partial charge in [-0.25, -0.2) is 4.79 Å². The van der Waals surface area contributed by atoms with E-state index in [4.69, 9.17) is 9.47 Å². The Balaban J connectivity index is 1.44. The first-order chi connectivity index (χ1) is 16.0. The van der Waals surface area contributed by atoms with Crippen LogP contribution in [-0.4, -0.2) is 12.6 Å². The molecule has 0 unspecified atom stereocenters. The molecule has 0 atom stereocenters. The lowest BCUT2D eigenvalue weighted by atomic mass is 9.98. The van der Waals surface area contributed by atoms with Gasteiger partial charge in [0, 0.05) is 0 Å². The molecular formula is C29H27O3S+. The van der Waals surface area contributed by atoms with E-state index in [1.165, 1.54) is 14.7 Å². The van der Waals surface area contributed by atoms with Crippen LogP contribution in [0.2, 0.25) is 0 Å². The topological polar surface area (TPSA) is 35.5 Å². The summed E-state index contributed by atoms with van der Waals surface area (Å²) in [5.74, 6) is 0.235. The summed E-state index contributed by atoms with van der Waals surface area (Å²) < 4.78 is 11.4. The first kappa shape index (κ1) is 22.7. The molecule has 4 rings (SSSR count). The van der Waals surface area contributed by atoms with Crippen LogP contribution in [0.25, 0.3) is 0 Å². The predicted octanol–water partition coefficient (Wildman–Crippen LogP) is 6.64. The molecule has 0 heterocycles. The first-order valence-electron chi connectivity index (χ1n) is 10.9. The van der Waals surface area contributed by atoms with Crippen molar-refractivity contribution in [3.8, 4) is 5.75 Å². The number of rotatable bonds is 8. The van der Waals surface area contributed by atoms with E-state index in [0.29, 0.717) is 5.75 Å². The van der Waals surface area contributed by atoms with Crippen LogP contribution in [0.5, 0.6) is 5.75 Å². The lowest BCUT2D eigenvalue weighted by Gasteiger charge is -2.25. The van der Waals surface area contributed by atoms with E-state index < -0.39 is 11.6 Å². The third-order valence-corrected chi connectivity index (χ3v) is 7.44. The van der Waals surface area contributed by atoms with Gasteiger partial charge in [-0.15, -0.1) is 0 Å². The second-order valence-corrected chi connectivity index (χ2v) is 10.1. The van der Waals surface area contributed by atoms with Gasteiger partial charge >= 0.3 is 5.97 Å². The average molecular weight is 456 g/mol. The van der Waals surface area contributed by atoms with Crippen LogP contribution in [0.1, 0.15) is 19.4 Å². The quantitative estimate of drug-likeness (QED) is 0.221. The summed E-state index contributed by atoms with van der Waals surface area (Å²) in [6.07, 6.45) is 0. The van der Waals surface area contributed by atoms with Gasteiger partial charge in [-0.2, -0.15) is 0 Å². The molecule has 4 aromatic rings. The fourth-order valence-corrected chi connectivity index (χ4v) is 5.63. The molecule has 0 aliphatic rings. The predicted molar refractivity (Wildman–Crippen MR) is 133 cm³/mol. The van der Waals surface area contributed by atoms with Crippen molar-refractivity contribution in [1.82, 2.24) is 0 Å². The van der Waals surface area contributed by atoms with Crippen molar-refractivity contribution >= 4 is 16.9 Å². The van der Waals surface area contributed by atoms with E-state index in [-0.39, 0.29) is 17.5 Å². The third kappa shape index (κ3) is 5.85. The molecule has 4 aromatic carbocycles. The van der Waals surface area contributed by atoms with Crippen LogP contribution < -0.4 is 4.74 Å². The Morgan fingerprint density at radius 1 is 0.667 bits per heavy atom. The minimum absolute atomic E-state index is 0.140. The molecule has 0 N–H and O–H groups in total. The van der Waals surface area contributed by atoms with E-state index in [9.17, 15) is 4.79 Å². The molecule has 3 nitrogen and oxygen atoms in total. The highest BCUT2D eigenvalue weighted by Gasteiger charge is 2.28. The van der Waals surface area contributed by atoms with Crippen molar-refractivity contribution in [2.24, 2.45) is 0 Å². The van der Waals surface area contributed by atoms with Crippen molar-refractivity contribution in [1.29, 1.82) is 0 Å². The molecule has 0 aromatic heterocycles. The normalized spacial score (nSPS) is 11.2. The van der Waals surface area contributed by atoms with Crippen molar-refractivity contribution in [2.45, 2.75) is 34.1 Å². The maximum atomic E-state index is 12.4.